The second-order valence-corrected chi connectivity index (χ2v) is 8.86. The highest BCUT2D eigenvalue weighted by Crippen LogP contribution is 2.63. The molecule has 0 N–H and O–H groups in total. The third kappa shape index (κ3) is 2.01. The summed E-state index contributed by atoms with van der Waals surface area (Å²) in [6.45, 7) is 9.19. The maximum Gasteiger partial charge on any atom is -0.0172 e. The van der Waals surface area contributed by atoms with Crippen LogP contribution in [0, 0.1) is 40.9 Å². The normalized spacial score (nSPS) is 52.4. The summed E-state index contributed by atoms with van der Waals surface area (Å²) in [5.74, 6) is 5.75. The molecule has 3 saturated carbocycles. The lowest BCUT2D eigenvalue weighted by Gasteiger charge is -2.53. The van der Waals surface area contributed by atoms with Crippen molar-refractivity contribution >= 4 is 0 Å². The van der Waals surface area contributed by atoms with Crippen LogP contribution in [0.1, 0.15) is 65.2 Å². The van der Waals surface area contributed by atoms with E-state index in [9.17, 15) is 0 Å². The molecule has 0 radical (unpaired) electrons. The van der Waals surface area contributed by atoms with Gasteiger partial charge in [-0.1, -0.05) is 31.6 Å². The molecule has 0 nitrogen and oxygen atoms in total. The summed E-state index contributed by atoms with van der Waals surface area (Å²) in [6.07, 6.45) is 16.5. The van der Waals surface area contributed by atoms with E-state index in [4.69, 9.17) is 0 Å². The summed E-state index contributed by atoms with van der Waals surface area (Å²) < 4.78 is 0. The SMILES string of the molecule is C=CC1CCC2C(=CCC3C2CC[C@@]2(C)C3CC[C@@H]2C)C1. The lowest BCUT2D eigenvalue weighted by molar-refractivity contribution is -0.00963. The fourth-order valence-corrected chi connectivity index (χ4v) is 6.77. The van der Waals surface area contributed by atoms with E-state index in [-0.39, 0.29) is 0 Å². The first kappa shape index (κ1) is 14.1. The average Bonchev–Trinajstić information content (AvgIpc) is 2.82. The Hall–Kier alpha value is -0.520. The molecule has 4 aliphatic carbocycles. The lowest BCUT2D eigenvalue weighted by atomic mass is 9.51. The van der Waals surface area contributed by atoms with E-state index < -0.39 is 0 Å². The molecular formula is C21H32. The summed E-state index contributed by atoms with van der Waals surface area (Å²) >= 11 is 0. The Morgan fingerprint density at radius 1 is 1.14 bits per heavy atom. The number of fused-ring (bicyclic) bond motifs is 5. The van der Waals surface area contributed by atoms with Crippen LogP contribution in [0.15, 0.2) is 24.3 Å². The van der Waals surface area contributed by atoms with Gasteiger partial charge in [-0.25, -0.2) is 0 Å². The van der Waals surface area contributed by atoms with Crippen LogP contribution in [0.2, 0.25) is 0 Å². The Balaban J connectivity index is 1.60. The topological polar surface area (TPSA) is 0 Å². The minimum Gasteiger partial charge on any atom is -0.103 e. The molecule has 5 unspecified atom stereocenters. The van der Waals surface area contributed by atoms with Gasteiger partial charge < -0.3 is 0 Å². The minimum absolute atomic E-state index is 0.671. The van der Waals surface area contributed by atoms with Crippen LogP contribution >= 0.6 is 0 Å². The standard InChI is InChI=1S/C21H32/c1-4-15-6-8-17-16(13-15)7-9-19-18(17)11-12-21(3)14(2)5-10-20(19)21/h4,7,14-15,17-20H,1,5-6,8-13H2,2-3H3/t14-,15?,17?,18?,19?,20?,21+/m0/s1. The van der Waals surface area contributed by atoms with E-state index in [1.54, 1.807) is 0 Å². The second-order valence-electron chi connectivity index (χ2n) is 8.86. The van der Waals surface area contributed by atoms with Gasteiger partial charge in [0, 0.05) is 0 Å². The van der Waals surface area contributed by atoms with Crippen molar-refractivity contribution in [3.8, 4) is 0 Å². The van der Waals surface area contributed by atoms with Crippen LogP contribution in [0.5, 0.6) is 0 Å². The molecule has 0 aliphatic heterocycles. The molecule has 0 bridgehead atoms. The van der Waals surface area contributed by atoms with Gasteiger partial charge in [0.25, 0.3) is 0 Å². The molecule has 0 aromatic carbocycles. The molecule has 7 atom stereocenters. The van der Waals surface area contributed by atoms with Crippen molar-refractivity contribution in [3.63, 3.8) is 0 Å². The molecule has 0 heteroatoms. The highest BCUT2D eigenvalue weighted by molar-refractivity contribution is 5.20. The predicted molar refractivity (Wildman–Crippen MR) is 89.9 cm³/mol. The Kier molecular flexibility index (Phi) is 3.36. The van der Waals surface area contributed by atoms with E-state index >= 15 is 0 Å². The zero-order valence-electron chi connectivity index (χ0n) is 14.0. The predicted octanol–water partition coefficient (Wildman–Crippen LogP) is 6.00. The first-order chi connectivity index (χ1) is 10.1. The summed E-state index contributed by atoms with van der Waals surface area (Å²) in [5, 5.41) is 0. The van der Waals surface area contributed by atoms with Crippen molar-refractivity contribution in [2.75, 3.05) is 0 Å². The summed E-state index contributed by atoms with van der Waals surface area (Å²) in [7, 11) is 0. The van der Waals surface area contributed by atoms with Crippen LogP contribution in [0.4, 0.5) is 0 Å². The van der Waals surface area contributed by atoms with Crippen LogP contribution in [-0.4, -0.2) is 0 Å². The molecular weight excluding hydrogens is 252 g/mol. The smallest absolute Gasteiger partial charge is 0.0172 e. The molecule has 0 saturated heterocycles. The van der Waals surface area contributed by atoms with Gasteiger partial charge in [0.05, 0.1) is 0 Å². The fraction of sp³-hybridized carbons (Fsp3) is 0.810. The van der Waals surface area contributed by atoms with Gasteiger partial charge in [-0.3, -0.25) is 0 Å². The van der Waals surface area contributed by atoms with Gasteiger partial charge in [0.2, 0.25) is 0 Å². The van der Waals surface area contributed by atoms with Gasteiger partial charge in [-0.2, -0.15) is 0 Å². The molecule has 4 rings (SSSR count). The van der Waals surface area contributed by atoms with Crippen molar-refractivity contribution < 1.29 is 0 Å². The second kappa shape index (κ2) is 5.00. The van der Waals surface area contributed by atoms with Gasteiger partial charge in [0.1, 0.15) is 0 Å². The highest BCUT2D eigenvalue weighted by Gasteiger charge is 2.54. The first-order valence-electron chi connectivity index (χ1n) is 9.45. The number of hydrogen-bond donors (Lipinski definition) is 0. The van der Waals surface area contributed by atoms with Crippen molar-refractivity contribution in [2.24, 2.45) is 40.9 Å². The maximum atomic E-state index is 4.04. The Labute approximate surface area is 131 Å². The number of hydrogen-bond acceptors (Lipinski definition) is 0. The maximum absolute atomic E-state index is 4.04. The van der Waals surface area contributed by atoms with Crippen molar-refractivity contribution in [2.45, 2.75) is 65.2 Å². The molecule has 3 fully saturated rings. The minimum atomic E-state index is 0.671. The molecule has 116 valence electrons. The van der Waals surface area contributed by atoms with E-state index in [1.165, 1.54) is 51.4 Å². The third-order valence-corrected chi connectivity index (χ3v) is 8.29. The summed E-state index contributed by atoms with van der Waals surface area (Å²) in [4.78, 5) is 0. The number of rotatable bonds is 1. The van der Waals surface area contributed by atoms with Crippen LogP contribution in [0.3, 0.4) is 0 Å². The van der Waals surface area contributed by atoms with E-state index in [0.717, 1.165) is 35.5 Å². The van der Waals surface area contributed by atoms with Crippen LogP contribution in [0.25, 0.3) is 0 Å². The summed E-state index contributed by atoms with van der Waals surface area (Å²) in [6, 6.07) is 0. The molecule has 0 aromatic heterocycles. The van der Waals surface area contributed by atoms with Crippen LogP contribution < -0.4 is 0 Å². The average molecular weight is 284 g/mol. The van der Waals surface area contributed by atoms with E-state index in [2.05, 4.69) is 32.6 Å². The monoisotopic (exact) mass is 284 g/mol. The van der Waals surface area contributed by atoms with Gasteiger partial charge >= 0.3 is 0 Å². The quantitative estimate of drug-likeness (QED) is 0.518. The molecule has 0 spiro atoms. The largest absolute Gasteiger partial charge is 0.103 e. The van der Waals surface area contributed by atoms with Crippen molar-refractivity contribution in [1.29, 1.82) is 0 Å². The molecule has 0 heterocycles. The third-order valence-electron chi connectivity index (χ3n) is 8.29. The van der Waals surface area contributed by atoms with Gasteiger partial charge in [0.15, 0.2) is 0 Å². The Morgan fingerprint density at radius 3 is 2.81 bits per heavy atom. The zero-order chi connectivity index (χ0) is 14.6. The van der Waals surface area contributed by atoms with Crippen molar-refractivity contribution in [1.82, 2.24) is 0 Å². The Bertz CT molecular complexity index is 459. The summed E-state index contributed by atoms with van der Waals surface area (Å²) in [5.41, 5.74) is 2.49. The van der Waals surface area contributed by atoms with Gasteiger partial charge in [-0.05, 0) is 92.3 Å². The van der Waals surface area contributed by atoms with E-state index in [0.29, 0.717) is 5.41 Å². The zero-order valence-corrected chi connectivity index (χ0v) is 14.0. The first-order valence-corrected chi connectivity index (χ1v) is 9.45. The molecule has 0 aromatic rings. The molecule has 21 heavy (non-hydrogen) atoms. The van der Waals surface area contributed by atoms with Crippen LogP contribution in [-0.2, 0) is 0 Å². The van der Waals surface area contributed by atoms with Gasteiger partial charge in [-0.15, -0.1) is 6.58 Å². The lowest BCUT2D eigenvalue weighted by Crippen LogP contribution is -2.45. The molecule has 0 amide bonds. The van der Waals surface area contributed by atoms with E-state index in [1.807, 2.05) is 5.57 Å². The highest BCUT2D eigenvalue weighted by atomic mass is 14.6. The Morgan fingerprint density at radius 2 is 2.00 bits per heavy atom. The number of allylic oxidation sites excluding steroid dienone is 3. The van der Waals surface area contributed by atoms with Crippen molar-refractivity contribution in [3.05, 3.63) is 24.3 Å². The molecule has 4 aliphatic rings. The fourth-order valence-electron chi connectivity index (χ4n) is 6.77.